The Morgan fingerprint density at radius 3 is 2.65 bits per heavy atom. The molecule has 1 amide bonds. The smallest absolute Gasteiger partial charge is 0.258 e. The number of benzene rings is 1. The van der Waals surface area contributed by atoms with Gasteiger partial charge in [0.05, 0.1) is 18.2 Å². The van der Waals surface area contributed by atoms with Crippen LogP contribution in [0, 0.1) is 18.3 Å². The van der Waals surface area contributed by atoms with Crippen molar-refractivity contribution in [3.05, 3.63) is 53.5 Å². The van der Waals surface area contributed by atoms with Crippen LogP contribution in [0.25, 0.3) is 0 Å². The molecule has 1 aromatic heterocycles. The van der Waals surface area contributed by atoms with Crippen LogP contribution in [0.1, 0.15) is 17.1 Å². The van der Waals surface area contributed by atoms with Gasteiger partial charge in [-0.25, -0.2) is 0 Å². The standard InChI is InChI=1S/C15H14N2O3/c1-11-2-5-14(20-11)9-17-15(18)10-19-13-6-3-12(8-16)4-7-13/h2-7H,9-10H2,1H3,(H,17,18). The molecule has 0 fully saturated rings. The molecule has 5 nitrogen and oxygen atoms in total. The molecule has 0 aliphatic carbocycles. The van der Waals surface area contributed by atoms with Gasteiger partial charge >= 0.3 is 0 Å². The molecule has 0 unspecified atom stereocenters. The van der Waals surface area contributed by atoms with Crippen LogP contribution in [0.15, 0.2) is 40.8 Å². The molecule has 5 heteroatoms. The van der Waals surface area contributed by atoms with Crippen molar-refractivity contribution in [3.63, 3.8) is 0 Å². The second kappa shape index (κ2) is 6.43. The van der Waals surface area contributed by atoms with E-state index in [1.54, 1.807) is 24.3 Å². The molecule has 0 saturated carbocycles. The molecule has 0 aliphatic rings. The van der Waals surface area contributed by atoms with Crippen LogP contribution >= 0.6 is 0 Å². The van der Waals surface area contributed by atoms with Crippen LogP contribution < -0.4 is 10.1 Å². The van der Waals surface area contributed by atoms with Gasteiger partial charge in [0.1, 0.15) is 17.3 Å². The van der Waals surface area contributed by atoms with Gasteiger partial charge in [0, 0.05) is 0 Å². The Morgan fingerprint density at radius 2 is 2.05 bits per heavy atom. The Bertz CT molecular complexity index is 623. The van der Waals surface area contributed by atoms with E-state index >= 15 is 0 Å². The maximum Gasteiger partial charge on any atom is 0.258 e. The number of hydrogen-bond donors (Lipinski definition) is 1. The Labute approximate surface area is 116 Å². The quantitative estimate of drug-likeness (QED) is 0.903. The average molecular weight is 270 g/mol. The molecule has 0 bridgehead atoms. The summed E-state index contributed by atoms with van der Waals surface area (Å²) >= 11 is 0. The van der Waals surface area contributed by atoms with Gasteiger partial charge in [-0.05, 0) is 43.3 Å². The Morgan fingerprint density at radius 1 is 1.30 bits per heavy atom. The minimum absolute atomic E-state index is 0.0778. The number of ether oxygens (including phenoxy) is 1. The molecule has 0 spiro atoms. The van der Waals surface area contributed by atoms with Crippen molar-refractivity contribution in [1.29, 1.82) is 5.26 Å². The van der Waals surface area contributed by atoms with E-state index < -0.39 is 0 Å². The van der Waals surface area contributed by atoms with E-state index in [1.165, 1.54) is 0 Å². The maximum atomic E-state index is 11.6. The van der Waals surface area contributed by atoms with Gasteiger partial charge in [0.25, 0.3) is 5.91 Å². The zero-order valence-corrected chi connectivity index (χ0v) is 11.1. The predicted octanol–water partition coefficient (Wildman–Crippen LogP) is 2.15. The molecule has 20 heavy (non-hydrogen) atoms. The minimum Gasteiger partial charge on any atom is -0.484 e. The number of aryl methyl sites for hydroxylation is 1. The van der Waals surface area contributed by atoms with E-state index in [-0.39, 0.29) is 12.5 Å². The SMILES string of the molecule is Cc1ccc(CNC(=O)COc2ccc(C#N)cc2)o1. The minimum atomic E-state index is -0.233. The molecule has 1 N–H and O–H groups in total. The summed E-state index contributed by atoms with van der Waals surface area (Å²) in [5.41, 5.74) is 0.551. The largest absolute Gasteiger partial charge is 0.484 e. The fourth-order valence-corrected chi connectivity index (χ4v) is 1.59. The number of hydrogen-bond acceptors (Lipinski definition) is 4. The molecule has 0 aliphatic heterocycles. The van der Waals surface area contributed by atoms with Crippen LogP contribution in [-0.2, 0) is 11.3 Å². The van der Waals surface area contributed by atoms with Crippen molar-refractivity contribution >= 4 is 5.91 Å². The third-order valence-electron chi connectivity index (χ3n) is 2.61. The van der Waals surface area contributed by atoms with Gasteiger partial charge in [0.2, 0.25) is 0 Å². The Hall–Kier alpha value is -2.74. The summed E-state index contributed by atoms with van der Waals surface area (Å²) in [6.45, 7) is 2.11. The molecule has 0 saturated heterocycles. The van der Waals surface area contributed by atoms with Crippen molar-refractivity contribution < 1.29 is 13.9 Å². The van der Waals surface area contributed by atoms with Gasteiger partial charge in [-0.2, -0.15) is 5.26 Å². The second-order valence-corrected chi connectivity index (χ2v) is 4.21. The number of nitrogens with zero attached hydrogens (tertiary/aromatic N) is 1. The summed E-state index contributed by atoms with van der Waals surface area (Å²) < 4.78 is 10.6. The molecule has 2 aromatic rings. The van der Waals surface area contributed by atoms with Crippen molar-refractivity contribution in [2.75, 3.05) is 6.61 Å². The van der Waals surface area contributed by atoms with Crippen molar-refractivity contribution in [2.45, 2.75) is 13.5 Å². The first-order chi connectivity index (χ1) is 9.67. The molecule has 0 radical (unpaired) electrons. The van der Waals surface area contributed by atoms with Crippen LogP contribution in [0.4, 0.5) is 0 Å². The summed E-state index contributed by atoms with van der Waals surface area (Å²) in [6, 6.07) is 12.3. The number of carbonyl (C=O) groups excluding carboxylic acids is 1. The van der Waals surface area contributed by atoms with Gasteiger partial charge in [-0.1, -0.05) is 0 Å². The predicted molar refractivity (Wildman–Crippen MR) is 71.9 cm³/mol. The number of rotatable bonds is 5. The third-order valence-corrected chi connectivity index (χ3v) is 2.61. The lowest BCUT2D eigenvalue weighted by molar-refractivity contribution is -0.123. The van der Waals surface area contributed by atoms with Crippen molar-refractivity contribution in [3.8, 4) is 11.8 Å². The average Bonchev–Trinajstić information content (AvgIpc) is 2.89. The van der Waals surface area contributed by atoms with Crippen molar-refractivity contribution in [2.24, 2.45) is 0 Å². The van der Waals surface area contributed by atoms with E-state index in [1.807, 2.05) is 25.1 Å². The van der Waals surface area contributed by atoms with Gasteiger partial charge in [-0.15, -0.1) is 0 Å². The van der Waals surface area contributed by atoms with Crippen LogP contribution in [0.2, 0.25) is 0 Å². The Kier molecular flexibility index (Phi) is 4.40. The van der Waals surface area contributed by atoms with Gasteiger partial charge in [0.15, 0.2) is 6.61 Å². The maximum absolute atomic E-state index is 11.6. The zero-order valence-electron chi connectivity index (χ0n) is 11.1. The molecule has 102 valence electrons. The molecule has 0 atom stereocenters. The summed E-state index contributed by atoms with van der Waals surface area (Å²) in [5.74, 6) is 1.83. The number of amides is 1. The van der Waals surface area contributed by atoms with E-state index in [0.717, 1.165) is 5.76 Å². The first-order valence-electron chi connectivity index (χ1n) is 6.12. The lowest BCUT2D eigenvalue weighted by Gasteiger charge is -2.06. The fraction of sp³-hybridized carbons (Fsp3) is 0.200. The third kappa shape index (κ3) is 3.89. The molecule has 1 heterocycles. The van der Waals surface area contributed by atoms with Crippen LogP contribution in [0.5, 0.6) is 5.75 Å². The van der Waals surface area contributed by atoms with Gasteiger partial charge < -0.3 is 14.5 Å². The molecular weight excluding hydrogens is 256 g/mol. The normalized spacial score (nSPS) is 9.80. The fourth-order valence-electron chi connectivity index (χ4n) is 1.59. The first-order valence-corrected chi connectivity index (χ1v) is 6.12. The number of nitrogens with one attached hydrogen (secondary N) is 1. The summed E-state index contributed by atoms with van der Waals surface area (Å²) in [4.78, 5) is 11.6. The molecular formula is C15H14N2O3. The highest BCUT2D eigenvalue weighted by Crippen LogP contribution is 2.11. The van der Waals surface area contributed by atoms with E-state index in [9.17, 15) is 4.79 Å². The topological polar surface area (TPSA) is 75.3 Å². The first kappa shape index (κ1) is 13.7. The highest BCUT2D eigenvalue weighted by atomic mass is 16.5. The molecule has 1 aromatic carbocycles. The van der Waals surface area contributed by atoms with Crippen molar-refractivity contribution in [1.82, 2.24) is 5.32 Å². The highest BCUT2D eigenvalue weighted by Gasteiger charge is 2.04. The van der Waals surface area contributed by atoms with E-state index in [0.29, 0.717) is 23.6 Å². The summed E-state index contributed by atoms with van der Waals surface area (Å²) in [5, 5.41) is 11.4. The lowest BCUT2D eigenvalue weighted by atomic mass is 10.2. The summed E-state index contributed by atoms with van der Waals surface area (Å²) in [7, 11) is 0. The highest BCUT2D eigenvalue weighted by molar-refractivity contribution is 5.77. The monoisotopic (exact) mass is 270 g/mol. The number of nitriles is 1. The number of carbonyl (C=O) groups is 1. The molecule has 2 rings (SSSR count). The second-order valence-electron chi connectivity index (χ2n) is 4.21. The summed E-state index contributed by atoms with van der Waals surface area (Å²) in [6.07, 6.45) is 0. The van der Waals surface area contributed by atoms with Crippen LogP contribution in [0.3, 0.4) is 0 Å². The number of furan rings is 1. The van der Waals surface area contributed by atoms with Crippen LogP contribution in [-0.4, -0.2) is 12.5 Å². The van der Waals surface area contributed by atoms with E-state index in [2.05, 4.69) is 5.32 Å². The zero-order chi connectivity index (χ0) is 14.4. The lowest BCUT2D eigenvalue weighted by Crippen LogP contribution is -2.28. The Balaban J connectivity index is 1.75. The van der Waals surface area contributed by atoms with E-state index in [4.69, 9.17) is 14.4 Å². The van der Waals surface area contributed by atoms with Gasteiger partial charge in [-0.3, -0.25) is 4.79 Å².